The van der Waals surface area contributed by atoms with E-state index in [2.05, 4.69) is 69.9 Å². The first-order valence-corrected chi connectivity index (χ1v) is 44.7. The number of piperazine rings is 3. The Bertz CT molecular complexity index is 7610. The minimum absolute atomic E-state index is 0.0520. The van der Waals surface area contributed by atoms with E-state index in [-0.39, 0.29) is 113 Å². The van der Waals surface area contributed by atoms with Crippen molar-refractivity contribution in [1.82, 2.24) is 73.3 Å². The van der Waals surface area contributed by atoms with Crippen LogP contribution in [0.5, 0.6) is 17.2 Å². The standard InChI is InChI=1S/C32H30F3N7O4.C31H28F3N7O4.C31H29F3N6O5S/c1-7-20(44)40-12-16(5)41-18(13-40)31(45)39(6)28-22-29(37-26(24(28)35)21-19(43)9-8-17(33)23(21)34)42(32(46)38-30(22)41)27-15(4)10-11-36-25(27)14(2)3;1-6-19(43)39-11-15(5)40-17(12-39)30(44)37-26-21-28(36-25(23(26)34)20-18(42)8-7-16(32)22(20)33)41(31(45)38-29(21)40)27-14(4)9-10-35-24(27)13(2)3;1-6-20(42)38-11-16(5)39-17(12-38)13-46(44,45)28-22-29(36-26(24(28)34)21-19(41)8-7-18(32)23(21)33)40(31(43)37-30(22)39)27-15(4)9-10-35-25(27)14(2)3/h7-11,14,16,18,43H,1,12-13H2,2-6H3;6-10,13,15,17,42H,1,11-12H2,2-5H3,(H,37,44);6-10,14,16-17,41H,1,11-13H2,2-5H3. The second kappa shape index (κ2) is 35.5. The van der Waals surface area contributed by atoms with E-state index < -0.39 is 224 Å². The van der Waals surface area contributed by atoms with Gasteiger partial charge in [0.1, 0.15) is 68.8 Å². The number of amides is 5. The van der Waals surface area contributed by atoms with Gasteiger partial charge in [-0.3, -0.25) is 38.9 Å². The van der Waals surface area contributed by atoms with Crippen LogP contribution in [0.4, 0.5) is 68.3 Å². The summed E-state index contributed by atoms with van der Waals surface area (Å²) in [4.78, 5) is 157. The van der Waals surface area contributed by atoms with Crippen molar-refractivity contribution >= 4 is 101 Å². The van der Waals surface area contributed by atoms with E-state index in [1.807, 2.05) is 41.5 Å². The number of aromatic hydroxyl groups is 3. The van der Waals surface area contributed by atoms with Crippen molar-refractivity contribution in [1.29, 1.82) is 0 Å². The van der Waals surface area contributed by atoms with Crippen molar-refractivity contribution in [2.45, 2.75) is 142 Å². The first-order valence-electron chi connectivity index (χ1n) is 43.1. The van der Waals surface area contributed by atoms with Gasteiger partial charge in [-0.2, -0.15) is 15.0 Å². The Morgan fingerprint density at radius 1 is 0.438 bits per heavy atom. The molecule has 12 aromatic rings. The van der Waals surface area contributed by atoms with Crippen LogP contribution >= 0.6 is 0 Å². The molecule has 6 unspecified atom stereocenters. The molecule has 43 heteroatoms. The molecule has 5 amide bonds. The number of pyridine rings is 6. The zero-order valence-electron chi connectivity index (χ0n) is 75.7. The summed E-state index contributed by atoms with van der Waals surface area (Å²) >= 11 is 0. The molecule has 3 aromatic carbocycles. The van der Waals surface area contributed by atoms with E-state index in [1.54, 1.807) is 81.9 Å². The molecule has 9 aromatic heterocycles. The van der Waals surface area contributed by atoms with Crippen LogP contribution in [-0.4, -0.2) is 215 Å². The number of halogens is 9. The number of aromatic nitrogens is 12. The third kappa shape index (κ3) is 15.5. The molecule has 33 nitrogen and oxygen atoms in total. The van der Waals surface area contributed by atoms with E-state index in [0.29, 0.717) is 57.7 Å². The number of carbonyl (C=O) groups is 5. The number of nitrogens with one attached hydrogen (secondary N) is 1. The molecule has 18 rings (SSSR count). The van der Waals surface area contributed by atoms with Crippen LogP contribution in [0.15, 0.2) is 130 Å². The first kappa shape index (κ1) is 94.8. The molecule has 0 saturated carbocycles. The highest BCUT2D eigenvalue weighted by Crippen LogP contribution is 2.50. The number of nitrogens with zero attached hydrogens (tertiary/aromatic N) is 19. The number of benzene rings is 3. The normalized spacial score (nSPS) is 18.2. The van der Waals surface area contributed by atoms with Crippen LogP contribution in [0.25, 0.3) is 83.9 Å². The lowest BCUT2D eigenvalue weighted by molar-refractivity contribution is -0.130. The van der Waals surface area contributed by atoms with Gasteiger partial charge in [-0.25, -0.2) is 91.0 Å². The van der Waals surface area contributed by atoms with Gasteiger partial charge < -0.3 is 54.9 Å². The fraction of sp³-hybridized carbons (Fsp3) is 0.309. The Morgan fingerprint density at radius 3 is 1.18 bits per heavy atom. The number of likely N-dealkylation sites (N-methyl/N-ethyl adjacent to an activating group) is 1. The maximum Gasteiger partial charge on any atom is 0.355 e. The smallest absolute Gasteiger partial charge is 0.355 e. The molecule has 0 spiro atoms. The van der Waals surface area contributed by atoms with Crippen LogP contribution in [0, 0.1) is 73.1 Å². The highest BCUT2D eigenvalue weighted by Gasteiger charge is 2.50. The number of phenolic OH excluding ortho intramolecular Hbond substituents is 3. The van der Waals surface area contributed by atoms with Gasteiger partial charge in [0.2, 0.25) is 23.6 Å². The fourth-order valence-corrected chi connectivity index (χ4v) is 20.7. The highest BCUT2D eigenvalue weighted by atomic mass is 32.2. The fourth-order valence-electron chi connectivity index (χ4n) is 18.9. The zero-order chi connectivity index (χ0) is 99.2. The zero-order valence-corrected chi connectivity index (χ0v) is 76.5. The first-order chi connectivity index (χ1) is 64.8. The van der Waals surface area contributed by atoms with Crippen LogP contribution in [0.1, 0.15) is 114 Å². The largest absolute Gasteiger partial charge is 0.507 e. The van der Waals surface area contributed by atoms with Crippen molar-refractivity contribution in [3.8, 4) is 68.1 Å². The predicted molar refractivity (Wildman–Crippen MR) is 488 cm³/mol. The summed E-state index contributed by atoms with van der Waals surface area (Å²) in [5, 5.41) is 33.8. The van der Waals surface area contributed by atoms with E-state index >= 15 is 26.3 Å². The Labute approximate surface area is 773 Å². The average molecular weight is 1910 g/mol. The number of aryl methyl sites for hydroxylation is 3. The topological polar surface area (TPSA) is 397 Å². The molecule has 710 valence electrons. The molecule has 4 N–H and O–H groups in total. The van der Waals surface area contributed by atoms with Crippen LogP contribution in [0.3, 0.4) is 0 Å². The molecule has 6 aliphatic rings. The van der Waals surface area contributed by atoms with Gasteiger partial charge in [-0.05, 0) is 149 Å². The van der Waals surface area contributed by atoms with Gasteiger partial charge in [-0.15, -0.1) is 0 Å². The van der Waals surface area contributed by atoms with Gasteiger partial charge in [-0.1, -0.05) is 61.3 Å². The van der Waals surface area contributed by atoms with Crippen molar-refractivity contribution < 1.29 is 87.2 Å². The Kier molecular flexibility index (Phi) is 24.6. The summed E-state index contributed by atoms with van der Waals surface area (Å²) in [5.41, 5.74) is -6.08. The molecule has 3 saturated heterocycles. The molecule has 15 heterocycles. The van der Waals surface area contributed by atoms with Crippen LogP contribution < -0.4 is 42.0 Å². The lowest BCUT2D eigenvalue weighted by Gasteiger charge is -2.45. The van der Waals surface area contributed by atoms with Crippen molar-refractivity contribution in [2.24, 2.45) is 0 Å². The lowest BCUT2D eigenvalue weighted by atomic mass is 10.0. The minimum atomic E-state index is -4.67. The van der Waals surface area contributed by atoms with Crippen molar-refractivity contribution in [3.63, 3.8) is 0 Å². The predicted octanol–water partition coefficient (Wildman–Crippen LogP) is 11.7. The molecule has 6 atom stereocenters. The maximum absolute atomic E-state index is 16.9. The summed E-state index contributed by atoms with van der Waals surface area (Å²) in [6.07, 6.45) is 8.00. The van der Waals surface area contributed by atoms with Crippen LogP contribution in [-0.2, 0) is 33.8 Å². The van der Waals surface area contributed by atoms with Crippen molar-refractivity contribution in [3.05, 3.63) is 229 Å². The summed E-state index contributed by atoms with van der Waals surface area (Å²) in [7, 11) is -3.38. The van der Waals surface area contributed by atoms with E-state index in [0.717, 1.165) is 55.0 Å². The monoisotopic (exact) mass is 1910 g/mol. The SMILES string of the molecule is C=CC(=O)N1CC(C)N2c3nc(=O)n(-c4c(C)ccnc4C(C)C)c4nc(-c5c(O)ccc(F)c5F)c(F)c(c34)N(C)C(=O)C2C1.C=CC(=O)N1CC(C)N2c3nc(=O)n(-c4c(C)ccnc4C(C)C)c4nc(-c5c(O)ccc(F)c5F)c(F)c(c34)NC(=O)C2C1.C=CC(=O)N1CC(C)N2c3nc(=O)n(-c4c(C)ccnc4C(C)C)c4nc(-c5c(O)ccc(F)c5F)c(F)c(c34)S(=O)(=O)CC2C1. The Hall–Kier alpha value is -15.3. The summed E-state index contributed by atoms with van der Waals surface area (Å²) in [6.45, 7) is 31.9. The van der Waals surface area contributed by atoms with Gasteiger partial charge in [0, 0.05) is 69.9 Å². The molecule has 137 heavy (non-hydrogen) atoms. The summed E-state index contributed by atoms with van der Waals surface area (Å²) in [6, 6.07) is 4.40. The Balaban J connectivity index is 0.000000149. The number of hydrogen-bond donors (Lipinski definition) is 4. The second-order valence-corrected chi connectivity index (χ2v) is 36.9. The second-order valence-electron chi connectivity index (χ2n) is 34.9. The maximum atomic E-state index is 16.9. The third-order valence-electron chi connectivity index (χ3n) is 25.1. The molecule has 3 fully saturated rings. The minimum Gasteiger partial charge on any atom is -0.507 e. The average Bonchev–Trinajstić information content (AvgIpc) is 1.61. The van der Waals surface area contributed by atoms with E-state index in [4.69, 9.17) is 0 Å². The quantitative estimate of drug-likeness (QED) is 0.0652. The number of phenols is 3. The summed E-state index contributed by atoms with van der Waals surface area (Å²) < 4.78 is 171. The third-order valence-corrected chi connectivity index (χ3v) is 26.9. The van der Waals surface area contributed by atoms with Gasteiger partial charge >= 0.3 is 17.1 Å². The van der Waals surface area contributed by atoms with E-state index in [9.17, 15) is 75.3 Å². The number of fused-ring (bicyclic) bond motifs is 6. The molecule has 6 aliphatic heterocycles. The van der Waals surface area contributed by atoms with Crippen LogP contribution in [0.2, 0.25) is 0 Å². The molecular weight excluding hydrogens is 1820 g/mol. The number of hydrogen-bond acceptors (Lipinski definition) is 25. The van der Waals surface area contributed by atoms with E-state index in [1.165, 1.54) is 32.8 Å². The van der Waals surface area contributed by atoms with Gasteiger partial charge in [0.25, 0.3) is 5.91 Å². The number of carbonyl (C=O) groups excluding carboxylic acids is 5. The van der Waals surface area contributed by atoms with Gasteiger partial charge in [0.15, 0.2) is 79.1 Å². The summed E-state index contributed by atoms with van der Waals surface area (Å²) in [5.74, 6) is -20.1. The molecule has 0 radical (unpaired) electrons. The molecule has 0 aliphatic carbocycles. The molecular formula is C94H87F9N20O13S. The number of sulfone groups is 1. The Morgan fingerprint density at radius 2 is 0.781 bits per heavy atom. The molecule has 0 bridgehead atoms. The highest BCUT2D eigenvalue weighted by molar-refractivity contribution is 7.91. The number of rotatable bonds is 12. The van der Waals surface area contributed by atoms with Crippen molar-refractivity contribution in [2.75, 3.05) is 77.0 Å². The lowest BCUT2D eigenvalue weighted by Crippen LogP contribution is -2.63. The van der Waals surface area contributed by atoms with Gasteiger partial charge in [0.05, 0.1) is 103 Å². The number of anilines is 5.